The normalized spacial score (nSPS) is 10.9. The van der Waals surface area contributed by atoms with E-state index in [1.54, 1.807) is 31.2 Å². The van der Waals surface area contributed by atoms with Crippen molar-refractivity contribution in [1.82, 2.24) is 0 Å². The van der Waals surface area contributed by atoms with Crippen molar-refractivity contribution >= 4 is 34.6 Å². The Morgan fingerprint density at radius 3 is 2.56 bits per heavy atom. The Hall–Kier alpha value is -3.34. The number of amides is 1. The second kappa shape index (κ2) is 7.49. The fourth-order valence-electron chi connectivity index (χ4n) is 2.41. The molecule has 0 aliphatic carbocycles. The first-order valence-electron chi connectivity index (χ1n) is 7.92. The highest BCUT2D eigenvalue weighted by atomic mass is 16.5. The van der Waals surface area contributed by atoms with Crippen LogP contribution in [-0.2, 0) is 9.53 Å². The van der Waals surface area contributed by atoms with Crippen molar-refractivity contribution in [2.75, 3.05) is 11.9 Å². The molecule has 0 saturated heterocycles. The molecule has 0 atom stereocenters. The van der Waals surface area contributed by atoms with Gasteiger partial charge in [-0.3, -0.25) is 4.79 Å². The summed E-state index contributed by atoms with van der Waals surface area (Å²) < 4.78 is 10.6. The number of esters is 1. The number of ether oxygens (including phenoxy) is 1. The van der Waals surface area contributed by atoms with E-state index in [9.17, 15) is 9.59 Å². The van der Waals surface area contributed by atoms with Gasteiger partial charge in [0.05, 0.1) is 6.61 Å². The summed E-state index contributed by atoms with van der Waals surface area (Å²) in [6, 6.07) is 16.6. The van der Waals surface area contributed by atoms with Gasteiger partial charge in [-0.25, -0.2) is 4.79 Å². The zero-order valence-corrected chi connectivity index (χ0v) is 13.7. The molecule has 3 rings (SSSR count). The molecule has 0 aliphatic rings. The lowest BCUT2D eigenvalue weighted by molar-refractivity contribution is -0.111. The Morgan fingerprint density at radius 2 is 1.80 bits per heavy atom. The Labute approximate surface area is 144 Å². The van der Waals surface area contributed by atoms with Gasteiger partial charge in [-0.2, -0.15) is 0 Å². The van der Waals surface area contributed by atoms with Crippen molar-refractivity contribution in [2.45, 2.75) is 6.92 Å². The largest absolute Gasteiger partial charge is 0.460 e. The first-order valence-corrected chi connectivity index (χ1v) is 7.92. The number of furan rings is 1. The smallest absolute Gasteiger partial charge is 0.376 e. The summed E-state index contributed by atoms with van der Waals surface area (Å²) in [5.74, 6) is -0.980. The number of para-hydroxylation sites is 1. The van der Waals surface area contributed by atoms with Crippen LogP contribution in [0.1, 0.15) is 23.0 Å². The summed E-state index contributed by atoms with van der Waals surface area (Å²) in [7, 11) is 0. The average Bonchev–Trinajstić information content (AvgIpc) is 3.00. The second-order valence-electron chi connectivity index (χ2n) is 5.26. The molecule has 0 radical (unpaired) electrons. The molecule has 5 nitrogen and oxygen atoms in total. The van der Waals surface area contributed by atoms with E-state index in [0.717, 1.165) is 5.56 Å². The van der Waals surface area contributed by atoms with Crippen LogP contribution in [0.25, 0.3) is 17.0 Å². The van der Waals surface area contributed by atoms with Crippen molar-refractivity contribution in [1.29, 1.82) is 0 Å². The van der Waals surface area contributed by atoms with Crippen molar-refractivity contribution < 1.29 is 18.7 Å². The van der Waals surface area contributed by atoms with Gasteiger partial charge in [0.2, 0.25) is 11.7 Å². The summed E-state index contributed by atoms with van der Waals surface area (Å²) in [5.41, 5.74) is 1.73. The molecular formula is C20H17NO4. The van der Waals surface area contributed by atoms with E-state index in [1.165, 1.54) is 6.08 Å². The van der Waals surface area contributed by atoms with Crippen molar-refractivity contribution in [2.24, 2.45) is 0 Å². The topological polar surface area (TPSA) is 68.5 Å². The van der Waals surface area contributed by atoms with Gasteiger partial charge in [0.15, 0.2) is 0 Å². The van der Waals surface area contributed by atoms with Crippen molar-refractivity contribution in [3.8, 4) is 0 Å². The van der Waals surface area contributed by atoms with Gasteiger partial charge in [0.1, 0.15) is 11.3 Å². The maximum Gasteiger partial charge on any atom is 0.376 e. The highest BCUT2D eigenvalue weighted by molar-refractivity contribution is 6.12. The van der Waals surface area contributed by atoms with E-state index in [4.69, 9.17) is 9.15 Å². The summed E-state index contributed by atoms with van der Waals surface area (Å²) in [5, 5.41) is 3.37. The van der Waals surface area contributed by atoms with Gasteiger partial charge in [-0.05, 0) is 30.7 Å². The lowest BCUT2D eigenvalue weighted by Crippen LogP contribution is -2.12. The first-order chi connectivity index (χ1) is 12.2. The molecule has 0 aliphatic heterocycles. The van der Waals surface area contributed by atoms with Crippen LogP contribution in [0.5, 0.6) is 0 Å². The number of nitrogens with one attached hydrogen (secondary N) is 1. The van der Waals surface area contributed by atoms with Crippen LogP contribution in [-0.4, -0.2) is 18.5 Å². The number of hydrogen-bond acceptors (Lipinski definition) is 4. The van der Waals surface area contributed by atoms with Crippen LogP contribution in [0, 0.1) is 0 Å². The number of rotatable bonds is 5. The first kappa shape index (κ1) is 16.5. The van der Waals surface area contributed by atoms with Gasteiger partial charge in [-0.1, -0.05) is 42.5 Å². The van der Waals surface area contributed by atoms with Crippen LogP contribution in [0.3, 0.4) is 0 Å². The summed E-state index contributed by atoms with van der Waals surface area (Å²) >= 11 is 0. The van der Waals surface area contributed by atoms with E-state index in [2.05, 4.69) is 5.32 Å². The van der Waals surface area contributed by atoms with Crippen molar-refractivity contribution in [3.05, 3.63) is 72.0 Å². The highest BCUT2D eigenvalue weighted by Crippen LogP contribution is 2.31. The minimum absolute atomic E-state index is 0.00971. The monoisotopic (exact) mass is 335 g/mol. The average molecular weight is 335 g/mol. The number of benzene rings is 2. The molecule has 2 aromatic carbocycles. The maximum absolute atomic E-state index is 12.3. The molecular weight excluding hydrogens is 318 g/mol. The fraction of sp³-hybridized carbons (Fsp3) is 0.100. The predicted molar refractivity (Wildman–Crippen MR) is 96.3 cm³/mol. The number of fused-ring (bicyclic) bond motifs is 1. The lowest BCUT2D eigenvalue weighted by atomic mass is 10.2. The zero-order chi connectivity index (χ0) is 17.6. The van der Waals surface area contributed by atoms with Crippen LogP contribution >= 0.6 is 0 Å². The third-order valence-corrected chi connectivity index (χ3v) is 3.53. The summed E-state index contributed by atoms with van der Waals surface area (Å²) in [4.78, 5) is 24.4. The fourth-order valence-corrected chi connectivity index (χ4v) is 2.41. The number of hydrogen-bond donors (Lipinski definition) is 1. The second-order valence-corrected chi connectivity index (χ2v) is 5.26. The zero-order valence-electron chi connectivity index (χ0n) is 13.7. The number of carbonyl (C=O) groups is 2. The Morgan fingerprint density at radius 1 is 1.08 bits per heavy atom. The molecule has 25 heavy (non-hydrogen) atoms. The molecule has 0 bridgehead atoms. The summed E-state index contributed by atoms with van der Waals surface area (Å²) in [6.07, 6.45) is 3.10. The Balaban J connectivity index is 1.89. The van der Waals surface area contributed by atoms with E-state index >= 15 is 0 Å². The minimum Gasteiger partial charge on any atom is -0.460 e. The van der Waals surface area contributed by atoms with Crippen LogP contribution < -0.4 is 5.32 Å². The Kier molecular flexibility index (Phi) is 4.95. The molecule has 3 aromatic rings. The molecule has 1 N–H and O–H groups in total. The third-order valence-electron chi connectivity index (χ3n) is 3.53. The number of anilines is 1. The molecule has 1 heterocycles. The molecule has 1 aromatic heterocycles. The van der Waals surface area contributed by atoms with Gasteiger partial charge >= 0.3 is 5.97 Å². The molecule has 126 valence electrons. The Bertz CT molecular complexity index is 925. The lowest BCUT2D eigenvalue weighted by Gasteiger charge is -2.03. The van der Waals surface area contributed by atoms with E-state index in [1.807, 2.05) is 36.4 Å². The quantitative estimate of drug-likeness (QED) is 0.559. The van der Waals surface area contributed by atoms with Gasteiger partial charge in [0.25, 0.3) is 0 Å². The van der Waals surface area contributed by atoms with Crippen LogP contribution in [0.15, 0.2) is 65.1 Å². The van der Waals surface area contributed by atoms with E-state index in [-0.39, 0.29) is 18.3 Å². The van der Waals surface area contributed by atoms with E-state index < -0.39 is 5.97 Å². The molecule has 0 fully saturated rings. The molecule has 0 saturated carbocycles. The van der Waals surface area contributed by atoms with Crippen molar-refractivity contribution in [3.63, 3.8) is 0 Å². The van der Waals surface area contributed by atoms with Gasteiger partial charge < -0.3 is 14.5 Å². The van der Waals surface area contributed by atoms with Crippen LogP contribution in [0.2, 0.25) is 0 Å². The molecule has 0 spiro atoms. The maximum atomic E-state index is 12.3. The van der Waals surface area contributed by atoms with Gasteiger partial charge in [0, 0.05) is 11.5 Å². The minimum atomic E-state index is -0.610. The standard InChI is InChI=1S/C20H17NO4/c1-2-24-20(23)19-18(15-10-6-7-11-16(15)25-19)21-17(22)13-12-14-8-4-3-5-9-14/h3-13H,2H2,1H3,(H,21,22)/b13-12-. The number of carbonyl (C=O) groups excluding carboxylic acids is 2. The third kappa shape index (κ3) is 3.77. The van der Waals surface area contributed by atoms with E-state index in [0.29, 0.717) is 16.7 Å². The van der Waals surface area contributed by atoms with Gasteiger partial charge in [-0.15, -0.1) is 0 Å². The predicted octanol–water partition coefficient (Wildman–Crippen LogP) is 4.26. The van der Waals surface area contributed by atoms with Crippen LogP contribution in [0.4, 0.5) is 5.69 Å². The molecule has 1 amide bonds. The summed E-state index contributed by atoms with van der Waals surface area (Å²) in [6.45, 7) is 1.93. The molecule has 0 unspecified atom stereocenters. The highest BCUT2D eigenvalue weighted by Gasteiger charge is 2.22. The molecule has 5 heteroatoms. The SMILES string of the molecule is CCOC(=O)c1oc2ccccc2c1NC(=O)/C=C\c1ccccc1.